The van der Waals surface area contributed by atoms with Crippen molar-refractivity contribution in [3.8, 4) is 0 Å². The highest BCUT2D eigenvalue weighted by Gasteiger charge is 2.39. The van der Waals surface area contributed by atoms with E-state index >= 15 is 0 Å². The van der Waals surface area contributed by atoms with Crippen LogP contribution in [0.4, 0.5) is 0 Å². The maximum Gasteiger partial charge on any atom is 0.372 e. The van der Waals surface area contributed by atoms with Gasteiger partial charge in [0.05, 0.1) is 20.3 Å². The van der Waals surface area contributed by atoms with Gasteiger partial charge in [0.15, 0.2) is 14.1 Å². The van der Waals surface area contributed by atoms with Crippen molar-refractivity contribution in [2.45, 2.75) is 65.3 Å². The second kappa shape index (κ2) is 9.96. The Kier molecular flexibility index (Phi) is 9.82. The van der Waals surface area contributed by atoms with Crippen LogP contribution in [0.1, 0.15) is 41.0 Å². The van der Waals surface area contributed by atoms with E-state index in [9.17, 15) is 4.79 Å². The Hall–Kier alpha value is -0.343. The predicted molar refractivity (Wildman–Crippen MR) is 111 cm³/mol. The Balaban J connectivity index is 5.47. The molecule has 0 saturated heterocycles. The zero-order valence-electron chi connectivity index (χ0n) is 16.5. The Morgan fingerprint density at radius 2 is 1.75 bits per heavy atom. The smallest absolute Gasteiger partial charge is 0.372 e. The van der Waals surface area contributed by atoms with E-state index in [1.54, 1.807) is 6.08 Å². The molecule has 0 aromatic heterocycles. The van der Waals surface area contributed by atoms with Crippen molar-refractivity contribution in [1.29, 1.82) is 0 Å². The van der Waals surface area contributed by atoms with Crippen LogP contribution in [-0.2, 0) is 18.7 Å². The zero-order valence-corrected chi connectivity index (χ0v) is 19.7. The Labute approximate surface area is 162 Å². The van der Waals surface area contributed by atoms with E-state index < -0.39 is 14.3 Å². The summed E-state index contributed by atoms with van der Waals surface area (Å²) in [7, 11) is 0.910. The minimum Gasteiger partial charge on any atom is -0.490 e. The van der Waals surface area contributed by atoms with Crippen molar-refractivity contribution >= 4 is 36.9 Å². The van der Waals surface area contributed by atoms with Crippen molar-refractivity contribution in [2.24, 2.45) is 5.92 Å². The number of hydrogen-bond donors (Lipinski definition) is 0. The van der Waals surface area contributed by atoms with Crippen LogP contribution in [-0.4, -0.2) is 34.6 Å². The topological polar surface area (TPSA) is 44.8 Å². The van der Waals surface area contributed by atoms with Gasteiger partial charge in [0.1, 0.15) is 0 Å². The number of hydrogen-bond acceptors (Lipinski definition) is 4. The SMILES string of the molecule is COC(=O)C(=CC[C@H](O[Si](C)(C)C(C)(C)C)[C@@H](C)/C=C(\C)I)OC. The first-order chi connectivity index (χ1) is 10.9. The molecule has 6 heteroatoms. The summed E-state index contributed by atoms with van der Waals surface area (Å²) in [5.41, 5.74) is 0. The molecule has 0 radical (unpaired) electrons. The van der Waals surface area contributed by atoms with Crippen LogP contribution in [0, 0.1) is 5.92 Å². The van der Waals surface area contributed by atoms with Crippen LogP contribution >= 0.6 is 22.6 Å². The lowest BCUT2D eigenvalue weighted by Gasteiger charge is -2.40. The molecule has 0 aromatic rings. The molecule has 0 aliphatic heterocycles. The molecule has 0 aromatic carbocycles. The maximum atomic E-state index is 11.7. The molecule has 140 valence electrons. The second-order valence-corrected chi connectivity index (χ2v) is 14.0. The number of carbonyl (C=O) groups is 1. The highest BCUT2D eigenvalue weighted by molar-refractivity contribution is 14.1. The van der Waals surface area contributed by atoms with Gasteiger partial charge in [-0.3, -0.25) is 0 Å². The molecular formula is C18H33IO4Si. The quantitative estimate of drug-likeness (QED) is 0.156. The van der Waals surface area contributed by atoms with Crippen LogP contribution < -0.4 is 0 Å². The van der Waals surface area contributed by atoms with Crippen molar-refractivity contribution in [1.82, 2.24) is 0 Å². The van der Waals surface area contributed by atoms with Gasteiger partial charge in [0, 0.05) is 5.92 Å². The summed E-state index contributed by atoms with van der Waals surface area (Å²) >= 11 is 2.31. The average Bonchev–Trinajstić information content (AvgIpc) is 2.43. The lowest BCUT2D eigenvalue weighted by molar-refractivity contribution is -0.139. The van der Waals surface area contributed by atoms with Gasteiger partial charge in [-0.25, -0.2) is 4.79 Å². The predicted octanol–water partition coefficient (Wildman–Crippen LogP) is 5.45. The van der Waals surface area contributed by atoms with E-state index in [2.05, 4.69) is 76.4 Å². The van der Waals surface area contributed by atoms with Gasteiger partial charge in [0.25, 0.3) is 0 Å². The molecule has 2 atom stereocenters. The first kappa shape index (κ1) is 23.7. The molecule has 0 rings (SSSR count). The third-order valence-corrected chi connectivity index (χ3v) is 9.34. The van der Waals surface area contributed by atoms with Gasteiger partial charge in [-0.15, -0.1) is 0 Å². The van der Waals surface area contributed by atoms with E-state index in [4.69, 9.17) is 13.9 Å². The summed E-state index contributed by atoms with van der Waals surface area (Å²) in [6.45, 7) is 15.4. The minimum atomic E-state index is -1.92. The van der Waals surface area contributed by atoms with Gasteiger partial charge >= 0.3 is 5.97 Å². The summed E-state index contributed by atoms with van der Waals surface area (Å²) in [5, 5.41) is 0.129. The number of methoxy groups -OCH3 is 2. The highest BCUT2D eigenvalue weighted by Crippen LogP contribution is 2.39. The standard InChI is InChI=1S/C18H33IO4Si/c1-13(12-14(2)19)15(23-24(8,9)18(3,4)5)10-11-16(21-6)17(20)22-7/h11-13,15H,10H2,1-9H3/b14-12+,16-11?/t13-,15-/m0/s1. The molecule has 4 nitrogen and oxygen atoms in total. The summed E-state index contributed by atoms with van der Waals surface area (Å²) in [6, 6.07) is 0. The highest BCUT2D eigenvalue weighted by atomic mass is 127. The molecule has 0 N–H and O–H groups in total. The number of esters is 1. The fourth-order valence-electron chi connectivity index (χ4n) is 1.97. The summed E-state index contributed by atoms with van der Waals surface area (Å²) in [6.07, 6.45) is 4.57. The maximum absolute atomic E-state index is 11.7. The van der Waals surface area contributed by atoms with Crippen molar-refractivity contribution in [3.05, 3.63) is 21.5 Å². The van der Waals surface area contributed by atoms with E-state index in [1.807, 2.05) is 0 Å². The molecule has 0 bridgehead atoms. The lowest BCUT2D eigenvalue weighted by atomic mass is 10.0. The summed E-state index contributed by atoms with van der Waals surface area (Å²) < 4.78 is 17.7. The van der Waals surface area contributed by atoms with E-state index in [0.29, 0.717) is 6.42 Å². The molecule has 0 aliphatic carbocycles. The van der Waals surface area contributed by atoms with Crippen molar-refractivity contribution in [3.63, 3.8) is 0 Å². The normalized spacial score (nSPS) is 16.6. The Morgan fingerprint density at radius 3 is 2.12 bits per heavy atom. The van der Waals surface area contributed by atoms with Gasteiger partial charge in [-0.1, -0.05) is 33.8 Å². The van der Waals surface area contributed by atoms with Gasteiger partial charge in [-0.2, -0.15) is 0 Å². The monoisotopic (exact) mass is 468 g/mol. The van der Waals surface area contributed by atoms with Crippen LogP contribution in [0.15, 0.2) is 21.5 Å². The van der Waals surface area contributed by atoms with Gasteiger partial charge in [-0.05, 0) is 63.7 Å². The number of ether oxygens (including phenoxy) is 2. The van der Waals surface area contributed by atoms with Crippen molar-refractivity contribution < 1.29 is 18.7 Å². The number of rotatable bonds is 8. The van der Waals surface area contributed by atoms with Crippen LogP contribution in [0.5, 0.6) is 0 Å². The molecule has 0 aliphatic rings. The molecule has 0 unspecified atom stereocenters. The summed E-state index contributed by atoms with van der Waals surface area (Å²) in [4.78, 5) is 11.7. The van der Waals surface area contributed by atoms with Crippen LogP contribution in [0.25, 0.3) is 0 Å². The van der Waals surface area contributed by atoms with Gasteiger partial charge in [0.2, 0.25) is 0 Å². The fraction of sp³-hybridized carbons (Fsp3) is 0.722. The minimum absolute atomic E-state index is 0.00888. The third kappa shape index (κ3) is 7.69. The fourth-order valence-corrected chi connectivity index (χ4v) is 3.96. The first-order valence-corrected chi connectivity index (χ1v) is 12.2. The number of carbonyl (C=O) groups excluding carboxylic acids is 1. The molecule has 24 heavy (non-hydrogen) atoms. The zero-order chi connectivity index (χ0) is 19.1. The first-order valence-electron chi connectivity index (χ1n) is 8.20. The molecule has 0 spiro atoms. The van der Waals surface area contributed by atoms with Crippen LogP contribution in [0.3, 0.4) is 0 Å². The number of halogens is 1. The van der Waals surface area contributed by atoms with E-state index in [1.165, 1.54) is 17.8 Å². The Bertz CT molecular complexity index is 474. The van der Waals surface area contributed by atoms with Gasteiger partial charge < -0.3 is 13.9 Å². The molecule has 0 heterocycles. The molecular weight excluding hydrogens is 435 g/mol. The Morgan fingerprint density at radius 1 is 1.21 bits per heavy atom. The van der Waals surface area contributed by atoms with Crippen molar-refractivity contribution in [2.75, 3.05) is 14.2 Å². The van der Waals surface area contributed by atoms with E-state index in [0.717, 1.165) is 0 Å². The summed E-state index contributed by atoms with van der Waals surface area (Å²) in [5.74, 6) is 0.00331. The average molecular weight is 468 g/mol. The lowest BCUT2D eigenvalue weighted by Crippen LogP contribution is -2.45. The second-order valence-electron chi connectivity index (χ2n) is 7.53. The molecule has 0 saturated carbocycles. The number of allylic oxidation sites excluding steroid dienone is 1. The largest absolute Gasteiger partial charge is 0.490 e. The van der Waals surface area contributed by atoms with E-state index in [-0.39, 0.29) is 22.8 Å². The third-order valence-electron chi connectivity index (χ3n) is 4.47. The molecule has 0 amide bonds. The van der Waals surface area contributed by atoms with Crippen LogP contribution in [0.2, 0.25) is 18.1 Å². The molecule has 0 fully saturated rings.